The third-order valence-electron chi connectivity index (χ3n) is 0.800. The predicted octanol–water partition coefficient (Wildman–Crippen LogP) is 1.64. The summed E-state index contributed by atoms with van der Waals surface area (Å²) in [5, 5.41) is 0. The second-order valence-corrected chi connectivity index (χ2v) is 2.89. The molecule has 0 N–H and O–H groups in total. The fourth-order valence-electron chi connectivity index (χ4n) is 0.447. The van der Waals surface area contributed by atoms with Crippen molar-refractivity contribution < 1.29 is 25.4 Å². The van der Waals surface area contributed by atoms with E-state index in [2.05, 4.69) is 0 Å². The number of aromatic nitrogens is 1. The Hall–Kier alpha value is -0.146. The number of hydrogen-bond acceptors (Lipinski definition) is 0. The van der Waals surface area contributed by atoms with Crippen LogP contribution in [0.2, 0.25) is 0 Å². The number of rotatable bonds is 1. The summed E-state index contributed by atoms with van der Waals surface area (Å²) in [4.78, 5) is 0. The van der Waals surface area contributed by atoms with Crippen LogP contribution in [0.1, 0.15) is 0 Å². The monoisotopic (exact) mass is 152 g/mol. The topological polar surface area (TPSA) is 4.93 Å². The van der Waals surface area contributed by atoms with Gasteiger partial charge in [0.05, 0.1) is 0 Å². The first-order valence-electron chi connectivity index (χ1n) is 2.12. The number of nitrogens with zero attached hydrogens (tertiary/aromatic N) is 1. The quantitative estimate of drug-likeness (QED) is 0.539. The van der Waals surface area contributed by atoms with E-state index in [0.717, 1.165) is 3.05 Å². The van der Waals surface area contributed by atoms with Crippen molar-refractivity contribution in [1.29, 1.82) is 0 Å². The maximum absolute atomic E-state index is 11.7. The van der Waals surface area contributed by atoms with Crippen LogP contribution in [0.3, 0.4) is 0 Å². The summed E-state index contributed by atoms with van der Waals surface area (Å²) in [5.74, 6) is 0. The molecule has 0 aliphatic heterocycles. The van der Waals surface area contributed by atoms with E-state index in [1.165, 1.54) is 12.4 Å². The van der Waals surface area contributed by atoms with Crippen molar-refractivity contribution in [1.82, 2.24) is 3.05 Å². The normalized spacial score (nSPS) is 9.25. The van der Waals surface area contributed by atoms with Gasteiger partial charge in [-0.05, 0) is 0 Å². The van der Waals surface area contributed by atoms with Crippen LogP contribution in [-0.4, -0.2) is 3.05 Å². The molecule has 4 heteroatoms. The summed E-state index contributed by atoms with van der Waals surface area (Å²) in [5.41, 5.74) is 0. The minimum absolute atomic E-state index is 1.00. The molecule has 0 bridgehead atoms. The van der Waals surface area contributed by atoms with E-state index in [9.17, 15) is 6.18 Å². The molecule has 0 amide bonds. The Balaban J connectivity index is 2.77. The first-order chi connectivity index (χ1) is 3.80. The Morgan fingerprint density at radius 3 is 1.88 bits per heavy atom. The van der Waals surface area contributed by atoms with Crippen LogP contribution in [0, 0.1) is 0 Å². The zero-order valence-corrected chi connectivity index (χ0v) is 5.57. The fraction of sp³-hybridized carbons (Fsp3) is 0. The van der Waals surface area contributed by atoms with Gasteiger partial charge in [0.1, 0.15) is 0 Å². The van der Waals surface area contributed by atoms with Gasteiger partial charge in [-0.1, -0.05) is 0 Å². The van der Waals surface area contributed by atoms with Gasteiger partial charge in [0.25, 0.3) is 0 Å². The first kappa shape index (κ1) is 5.98. The van der Waals surface area contributed by atoms with E-state index in [4.69, 9.17) is 0 Å². The molecule has 1 aromatic heterocycles. The molecule has 0 fully saturated rings. The van der Waals surface area contributed by atoms with Crippen LogP contribution in [0.5, 0.6) is 0 Å². The molecule has 1 heterocycles. The van der Waals surface area contributed by atoms with Crippen LogP contribution in [0.15, 0.2) is 24.5 Å². The van der Waals surface area contributed by atoms with Gasteiger partial charge in [0.15, 0.2) is 0 Å². The van der Waals surface area contributed by atoms with E-state index >= 15 is 0 Å². The molecule has 0 unspecified atom stereocenters. The molecule has 0 spiro atoms. The molecule has 0 saturated carbocycles. The van der Waals surface area contributed by atoms with E-state index in [1.54, 1.807) is 12.1 Å². The van der Waals surface area contributed by atoms with Crippen molar-refractivity contribution in [2.45, 2.75) is 0 Å². The zero-order chi connectivity index (χ0) is 5.98. The van der Waals surface area contributed by atoms with Crippen LogP contribution in [0.25, 0.3) is 0 Å². The Labute approximate surface area is 53.4 Å². The Morgan fingerprint density at radius 1 is 1.12 bits per heavy atom. The zero-order valence-electron chi connectivity index (χ0n) is 4.01. The third kappa shape index (κ3) is 1.17. The van der Waals surface area contributed by atoms with Gasteiger partial charge in [-0.25, -0.2) is 0 Å². The average molecular weight is 152 g/mol. The molecule has 0 aromatic carbocycles. The first-order valence-corrected chi connectivity index (χ1v) is 4.00. The van der Waals surface area contributed by atoms with Crippen LogP contribution < -0.4 is 0 Å². The van der Waals surface area contributed by atoms with E-state index in [-0.39, 0.29) is 0 Å². The summed E-state index contributed by atoms with van der Waals surface area (Å²) in [7, 11) is 0. The molecule has 0 aliphatic carbocycles. The van der Waals surface area contributed by atoms with Crippen molar-refractivity contribution in [3.63, 3.8) is 0 Å². The van der Waals surface area contributed by atoms with Crippen LogP contribution in [0.4, 0.5) is 6.18 Å². The third-order valence-corrected chi connectivity index (χ3v) is 1.87. The van der Waals surface area contributed by atoms with Gasteiger partial charge in [0.2, 0.25) is 0 Å². The standard InChI is InChI=1S/C4H4N.2FH.Ti/c1-2-4-5-3-1;;;/h1-4H;2*1H;/q-1;;;+3/p-2. The summed E-state index contributed by atoms with van der Waals surface area (Å²) >= 11 is -3.80. The molecule has 0 saturated heterocycles. The fourth-order valence-corrected chi connectivity index (χ4v) is 1.07. The number of hydrogen-bond donors (Lipinski definition) is 0. The average Bonchev–Trinajstić information content (AvgIpc) is 2.12. The van der Waals surface area contributed by atoms with Crippen molar-refractivity contribution in [2.24, 2.45) is 0 Å². The van der Waals surface area contributed by atoms with Gasteiger partial charge >= 0.3 is 53.0 Å². The van der Waals surface area contributed by atoms with Gasteiger partial charge in [0, 0.05) is 0 Å². The molecule has 1 rings (SSSR count). The molecule has 0 radical (unpaired) electrons. The van der Waals surface area contributed by atoms with E-state index < -0.39 is 19.2 Å². The van der Waals surface area contributed by atoms with Crippen molar-refractivity contribution >= 4 is 0 Å². The van der Waals surface area contributed by atoms with Gasteiger partial charge in [-0.3, -0.25) is 0 Å². The summed E-state index contributed by atoms with van der Waals surface area (Å²) < 4.78 is 24.5. The van der Waals surface area contributed by atoms with E-state index in [1.807, 2.05) is 0 Å². The predicted molar refractivity (Wildman–Crippen MR) is 22.0 cm³/mol. The second kappa shape index (κ2) is 2.42. The molecule has 0 atom stereocenters. The van der Waals surface area contributed by atoms with Crippen molar-refractivity contribution in [3.8, 4) is 0 Å². The van der Waals surface area contributed by atoms with E-state index in [0.29, 0.717) is 0 Å². The molecule has 1 nitrogen and oxygen atoms in total. The van der Waals surface area contributed by atoms with Gasteiger partial charge in [-0.15, -0.1) is 0 Å². The van der Waals surface area contributed by atoms with Gasteiger partial charge < -0.3 is 0 Å². The maximum atomic E-state index is 11.7. The summed E-state index contributed by atoms with van der Waals surface area (Å²) in [6.45, 7) is 0. The molecule has 0 aliphatic rings. The molecule has 1 aromatic rings. The Bertz CT molecular complexity index is 149. The summed E-state index contributed by atoms with van der Waals surface area (Å²) in [6, 6.07) is 3.21. The van der Waals surface area contributed by atoms with Crippen molar-refractivity contribution in [3.05, 3.63) is 24.5 Å². The van der Waals surface area contributed by atoms with Gasteiger partial charge in [-0.2, -0.15) is 0 Å². The van der Waals surface area contributed by atoms with Crippen molar-refractivity contribution in [2.75, 3.05) is 0 Å². The molecular weight excluding hydrogens is 148 g/mol. The minimum atomic E-state index is -3.80. The molecular formula is C4H4F2NTi. The number of halogens is 2. The molecule has 8 heavy (non-hydrogen) atoms. The van der Waals surface area contributed by atoms with Crippen LogP contribution in [-0.2, 0) is 19.2 Å². The Kier molecular flexibility index (Phi) is 1.81. The SMILES string of the molecule is [F][Ti]([F])[n]1cccc1. The summed E-state index contributed by atoms with van der Waals surface area (Å²) in [6.07, 6.45) is 2.80. The second-order valence-electron chi connectivity index (χ2n) is 1.33. The van der Waals surface area contributed by atoms with Crippen LogP contribution >= 0.6 is 0 Å². The molecule has 43 valence electrons. The Morgan fingerprint density at radius 2 is 1.62 bits per heavy atom.